The fourth-order valence-corrected chi connectivity index (χ4v) is 6.62. The molecule has 0 spiro atoms. The Balaban J connectivity index is 1.55. The number of fused-ring (bicyclic) bond motifs is 4. The first kappa shape index (κ1) is 13.4. The van der Waals surface area contributed by atoms with Crippen molar-refractivity contribution in [2.45, 2.75) is 70.8 Å². The number of aliphatic hydroxyl groups excluding tert-OH is 1. The second kappa shape index (κ2) is 4.60. The fourth-order valence-electron chi connectivity index (χ4n) is 6.62. The van der Waals surface area contributed by atoms with Crippen molar-refractivity contribution >= 4 is 0 Å². The third-order valence-electron chi connectivity index (χ3n) is 7.56. The van der Waals surface area contributed by atoms with Gasteiger partial charge in [0.1, 0.15) is 0 Å². The van der Waals surface area contributed by atoms with E-state index in [1.165, 1.54) is 50.5 Å². The molecule has 112 valence electrons. The zero-order valence-electron chi connectivity index (χ0n) is 13.0. The predicted molar refractivity (Wildman–Crippen MR) is 82.3 cm³/mol. The van der Waals surface area contributed by atoms with E-state index in [1.54, 1.807) is 0 Å². The van der Waals surface area contributed by atoms with Gasteiger partial charge in [0.05, 0.1) is 6.10 Å². The van der Waals surface area contributed by atoms with E-state index in [0.717, 1.165) is 42.4 Å². The number of hydrogen-bond donors (Lipinski definition) is 1. The van der Waals surface area contributed by atoms with Crippen molar-refractivity contribution in [1.82, 2.24) is 0 Å². The topological polar surface area (TPSA) is 20.2 Å². The summed E-state index contributed by atoms with van der Waals surface area (Å²) in [7, 11) is 0. The van der Waals surface area contributed by atoms with Crippen LogP contribution in [0, 0.1) is 35.0 Å². The van der Waals surface area contributed by atoms with Crippen LogP contribution in [-0.2, 0) is 0 Å². The normalized spacial score (nSPS) is 55.0. The molecule has 0 unspecified atom stereocenters. The maximum absolute atomic E-state index is 9.96. The zero-order chi connectivity index (χ0) is 13.9. The highest BCUT2D eigenvalue weighted by molar-refractivity contribution is 5.15. The van der Waals surface area contributed by atoms with E-state index in [9.17, 15) is 5.11 Å². The number of rotatable bonds is 0. The molecule has 1 heteroatoms. The van der Waals surface area contributed by atoms with E-state index in [-0.39, 0.29) is 6.10 Å². The second-order valence-corrected chi connectivity index (χ2v) is 8.81. The van der Waals surface area contributed by atoms with Gasteiger partial charge in [0.2, 0.25) is 0 Å². The Bertz CT molecular complexity index is 414. The molecule has 4 rings (SSSR count). The van der Waals surface area contributed by atoms with Crippen molar-refractivity contribution < 1.29 is 5.11 Å². The molecule has 1 N–H and O–H groups in total. The van der Waals surface area contributed by atoms with Gasteiger partial charge in [0.15, 0.2) is 0 Å². The molecule has 0 aromatic heterocycles. The molecule has 20 heavy (non-hydrogen) atoms. The minimum Gasteiger partial charge on any atom is -0.393 e. The van der Waals surface area contributed by atoms with Crippen LogP contribution in [0.3, 0.4) is 0 Å². The molecule has 0 heterocycles. The average Bonchev–Trinajstić information content (AvgIpc) is 2.71. The zero-order valence-corrected chi connectivity index (χ0v) is 13.0. The number of aliphatic hydroxyl groups is 1. The highest BCUT2D eigenvalue weighted by atomic mass is 16.3. The van der Waals surface area contributed by atoms with Crippen LogP contribution in [0.5, 0.6) is 0 Å². The minimum atomic E-state index is 0.00733. The van der Waals surface area contributed by atoms with Crippen molar-refractivity contribution in [2.24, 2.45) is 35.0 Å². The van der Waals surface area contributed by atoms with Crippen LogP contribution in [0.25, 0.3) is 0 Å². The molecule has 0 aromatic rings. The molecule has 4 aliphatic carbocycles. The van der Waals surface area contributed by atoms with Gasteiger partial charge < -0.3 is 5.11 Å². The molecule has 1 nitrogen and oxygen atoms in total. The van der Waals surface area contributed by atoms with Gasteiger partial charge in [0.25, 0.3) is 0 Å². The number of allylic oxidation sites excluding steroid dienone is 1. The first-order valence-corrected chi connectivity index (χ1v) is 8.90. The van der Waals surface area contributed by atoms with Gasteiger partial charge in [-0.25, -0.2) is 0 Å². The molecular formula is C19H30O. The summed E-state index contributed by atoms with van der Waals surface area (Å²) in [5.41, 5.74) is 2.11. The van der Waals surface area contributed by atoms with Crippen molar-refractivity contribution in [1.29, 1.82) is 0 Å². The molecule has 4 saturated carbocycles. The molecule has 0 bridgehead atoms. The first-order valence-electron chi connectivity index (χ1n) is 8.90. The lowest BCUT2D eigenvalue weighted by Crippen LogP contribution is -2.45. The van der Waals surface area contributed by atoms with Crippen molar-refractivity contribution in [3.63, 3.8) is 0 Å². The van der Waals surface area contributed by atoms with E-state index in [0.29, 0.717) is 5.41 Å². The lowest BCUT2D eigenvalue weighted by Gasteiger charge is -2.53. The molecule has 7 atom stereocenters. The monoisotopic (exact) mass is 274 g/mol. The molecule has 0 saturated heterocycles. The summed E-state index contributed by atoms with van der Waals surface area (Å²) < 4.78 is 0. The van der Waals surface area contributed by atoms with Gasteiger partial charge >= 0.3 is 0 Å². The molecule has 4 aliphatic rings. The van der Waals surface area contributed by atoms with Gasteiger partial charge in [-0.2, -0.15) is 0 Å². The summed E-state index contributed by atoms with van der Waals surface area (Å²) in [6, 6.07) is 0. The molecule has 0 aromatic carbocycles. The van der Waals surface area contributed by atoms with E-state index in [4.69, 9.17) is 0 Å². The van der Waals surface area contributed by atoms with Crippen molar-refractivity contribution in [3.05, 3.63) is 12.2 Å². The SMILES string of the molecule is C=C1C[C@@H]2[C@H]3C[C@H]4CC[C@@H](O)C[C@@H]4C[C@@H]3CC[C@@]2(C)C1. The largest absolute Gasteiger partial charge is 0.393 e. The summed E-state index contributed by atoms with van der Waals surface area (Å²) >= 11 is 0. The van der Waals surface area contributed by atoms with Crippen LogP contribution in [0.15, 0.2) is 12.2 Å². The second-order valence-electron chi connectivity index (χ2n) is 8.81. The Morgan fingerprint density at radius 2 is 1.90 bits per heavy atom. The quantitative estimate of drug-likeness (QED) is 0.642. The van der Waals surface area contributed by atoms with Crippen molar-refractivity contribution in [3.8, 4) is 0 Å². The van der Waals surface area contributed by atoms with Gasteiger partial charge in [-0.3, -0.25) is 0 Å². The maximum atomic E-state index is 9.96. The fraction of sp³-hybridized carbons (Fsp3) is 0.895. The Morgan fingerprint density at radius 3 is 2.75 bits per heavy atom. The molecule has 0 aliphatic heterocycles. The molecular weight excluding hydrogens is 244 g/mol. The predicted octanol–water partition coefficient (Wildman–Crippen LogP) is 4.56. The Labute approximate surface area is 123 Å². The Hall–Kier alpha value is -0.300. The van der Waals surface area contributed by atoms with Crippen LogP contribution >= 0.6 is 0 Å². The third-order valence-corrected chi connectivity index (χ3v) is 7.56. The van der Waals surface area contributed by atoms with Crippen LogP contribution in [0.4, 0.5) is 0 Å². The van der Waals surface area contributed by atoms with E-state index in [1.807, 2.05) is 0 Å². The molecule has 4 fully saturated rings. The maximum Gasteiger partial charge on any atom is 0.0543 e. The van der Waals surface area contributed by atoms with Crippen molar-refractivity contribution in [2.75, 3.05) is 0 Å². The van der Waals surface area contributed by atoms with Crippen LogP contribution in [0.2, 0.25) is 0 Å². The molecule has 0 amide bonds. The lowest BCUT2D eigenvalue weighted by atomic mass is 9.52. The van der Waals surface area contributed by atoms with Crippen LogP contribution < -0.4 is 0 Å². The van der Waals surface area contributed by atoms with Crippen LogP contribution in [-0.4, -0.2) is 11.2 Å². The van der Waals surface area contributed by atoms with Gasteiger partial charge in [0, 0.05) is 0 Å². The smallest absolute Gasteiger partial charge is 0.0543 e. The minimum absolute atomic E-state index is 0.00733. The van der Waals surface area contributed by atoms with Gasteiger partial charge in [-0.15, -0.1) is 0 Å². The summed E-state index contributed by atoms with van der Waals surface area (Å²) in [6.45, 7) is 6.86. The number of hydrogen-bond acceptors (Lipinski definition) is 1. The highest BCUT2D eigenvalue weighted by Gasteiger charge is 2.53. The Morgan fingerprint density at radius 1 is 1.05 bits per heavy atom. The highest BCUT2D eigenvalue weighted by Crippen LogP contribution is 2.62. The van der Waals surface area contributed by atoms with E-state index < -0.39 is 0 Å². The summed E-state index contributed by atoms with van der Waals surface area (Å²) in [5, 5.41) is 9.96. The van der Waals surface area contributed by atoms with E-state index in [2.05, 4.69) is 13.5 Å². The summed E-state index contributed by atoms with van der Waals surface area (Å²) in [6.07, 6.45) is 11.8. The summed E-state index contributed by atoms with van der Waals surface area (Å²) in [5.74, 6) is 4.64. The van der Waals surface area contributed by atoms with Gasteiger partial charge in [-0.05, 0) is 92.8 Å². The van der Waals surface area contributed by atoms with Crippen LogP contribution in [0.1, 0.15) is 64.7 Å². The average molecular weight is 274 g/mol. The standard InChI is InChI=1S/C19H30O/c1-12-7-18-17-10-13-3-4-16(20)9-15(13)8-14(17)5-6-19(18,2)11-12/h13-18,20H,1,3-11H2,2H3/t13-,14+,15+,16-,17+,18-,19+/m1/s1. The molecule has 0 radical (unpaired) electrons. The summed E-state index contributed by atoms with van der Waals surface area (Å²) in [4.78, 5) is 0. The van der Waals surface area contributed by atoms with E-state index >= 15 is 0 Å². The third kappa shape index (κ3) is 2.00. The van der Waals surface area contributed by atoms with Gasteiger partial charge in [-0.1, -0.05) is 19.1 Å². The Kier molecular flexibility index (Phi) is 3.07. The first-order chi connectivity index (χ1) is 9.55. The lowest BCUT2D eigenvalue weighted by molar-refractivity contribution is -0.0510.